The number of hydrogen-bond acceptors (Lipinski definition) is 6. The van der Waals surface area contributed by atoms with Crippen LogP contribution in [0.25, 0.3) is 21.3 Å². The Kier molecular flexibility index (Phi) is 4.59. The van der Waals surface area contributed by atoms with Crippen LogP contribution in [0, 0.1) is 17.0 Å². The average Bonchev–Trinajstić information content (AvgIpc) is 3.01. The molecule has 0 saturated carbocycles. The normalized spacial score (nSPS) is 10.9. The van der Waals surface area contributed by atoms with E-state index in [1.54, 1.807) is 17.4 Å². The van der Waals surface area contributed by atoms with Crippen molar-refractivity contribution in [1.29, 1.82) is 0 Å². The van der Waals surface area contributed by atoms with Crippen LogP contribution in [0.4, 0.5) is 17.2 Å². The molecule has 0 unspecified atom stereocenters. The van der Waals surface area contributed by atoms with Crippen LogP contribution < -0.4 is 5.32 Å². The first-order chi connectivity index (χ1) is 13.0. The van der Waals surface area contributed by atoms with Crippen molar-refractivity contribution in [2.75, 3.05) is 5.32 Å². The van der Waals surface area contributed by atoms with Crippen molar-refractivity contribution in [3.05, 3.63) is 74.3 Å². The number of halogens is 1. The van der Waals surface area contributed by atoms with Gasteiger partial charge < -0.3 is 5.32 Å². The summed E-state index contributed by atoms with van der Waals surface area (Å²) < 4.78 is 0.716. The van der Waals surface area contributed by atoms with Crippen LogP contribution in [0.15, 0.2) is 59.3 Å². The lowest BCUT2D eigenvalue weighted by atomic mass is 10.0. The smallest absolute Gasteiger partial charge is 0.271 e. The summed E-state index contributed by atoms with van der Waals surface area (Å²) in [5.74, 6) is 0.615. The molecule has 1 N–H and O–H groups in total. The molecule has 6 nitrogen and oxygen atoms in total. The Balaban J connectivity index is 1.89. The largest absolute Gasteiger partial charge is 0.338 e. The Hall–Kier alpha value is -2.84. The molecule has 8 heteroatoms. The lowest BCUT2D eigenvalue weighted by Crippen LogP contribution is -1.98. The summed E-state index contributed by atoms with van der Waals surface area (Å²) in [4.78, 5) is 21.5. The van der Waals surface area contributed by atoms with Crippen molar-refractivity contribution >= 4 is 54.7 Å². The minimum Gasteiger partial charge on any atom is -0.338 e. The fourth-order valence-corrected chi connectivity index (χ4v) is 4.30. The number of aromatic nitrogens is 2. The van der Waals surface area contributed by atoms with E-state index in [0.717, 1.165) is 26.2 Å². The van der Waals surface area contributed by atoms with Crippen molar-refractivity contribution in [3.63, 3.8) is 0 Å². The molecule has 0 bridgehead atoms. The summed E-state index contributed by atoms with van der Waals surface area (Å²) in [6.45, 7) is 2.06. The van der Waals surface area contributed by atoms with E-state index in [0.29, 0.717) is 16.0 Å². The highest BCUT2D eigenvalue weighted by atomic mass is 79.9. The molecule has 0 saturated heterocycles. The Labute approximate surface area is 167 Å². The van der Waals surface area contributed by atoms with Gasteiger partial charge in [0.15, 0.2) is 0 Å². The molecule has 0 atom stereocenters. The van der Waals surface area contributed by atoms with Crippen molar-refractivity contribution in [2.45, 2.75) is 6.92 Å². The molecule has 2 aromatic carbocycles. The van der Waals surface area contributed by atoms with Gasteiger partial charge in [-0.3, -0.25) is 10.1 Å². The highest BCUT2D eigenvalue weighted by molar-refractivity contribution is 9.10. The van der Waals surface area contributed by atoms with Gasteiger partial charge in [0.2, 0.25) is 0 Å². The molecule has 2 heterocycles. The van der Waals surface area contributed by atoms with Gasteiger partial charge in [-0.2, -0.15) is 0 Å². The summed E-state index contributed by atoms with van der Waals surface area (Å²) in [5.41, 5.74) is 2.74. The predicted octanol–water partition coefficient (Wildman–Crippen LogP) is 6.08. The van der Waals surface area contributed by atoms with Gasteiger partial charge in [0.1, 0.15) is 17.0 Å². The number of non-ortho nitro benzene ring substituents is 1. The maximum absolute atomic E-state index is 11.1. The van der Waals surface area contributed by atoms with E-state index in [1.165, 1.54) is 18.5 Å². The Morgan fingerprint density at radius 2 is 1.93 bits per heavy atom. The number of fused-ring (bicyclic) bond motifs is 1. The molecule has 4 rings (SSSR count). The van der Waals surface area contributed by atoms with Crippen LogP contribution in [0.5, 0.6) is 0 Å². The topological polar surface area (TPSA) is 81.0 Å². The first-order valence-electron chi connectivity index (χ1n) is 8.05. The van der Waals surface area contributed by atoms with Gasteiger partial charge in [0.05, 0.1) is 16.0 Å². The van der Waals surface area contributed by atoms with Gasteiger partial charge in [-0.1, -0.05) is 30.3 Å². The lowest BCUT2D eigenvalue weighted by molar-refractivity contribution is -0.384. The first-order valence-corrected chi connectivity index (χ1v) is 9.66. The van der Waals surface area contributed by atoms with Gasteiger partial charge in [0.25, 0.3) is 5.69 Å². The predicted molar refractivity (Wildman–Crippen MR) is 112 cm³/mol. The number of nitro groups is 1. The van der Waals surface area contributed by atoms with Crippen LogP contribution >= 0.6 is 27.3 Å². The summed E-state index contributed by atoms with van der Waals surface area (Å²) >= 11 is 5.04. The highest BCUT2D eigenvalue weighted by Crippen LogP contribution is 2.41. The summed E-state index contributed by atoms with van der Waals surface area (Å²) in [6.07, 6.45) is 1.50. The number of benzene rings is 2. The van der Waals surface area contributed by atoms with Gasteiger partial charge in [-0.05, 0) is 34.5 Å². The van der Waals surface area contributed by atoms with Crippen molar-refractivity contribution in [2.24, 2.45) is 0 Å². The third-order valence-corrected chi connectivity index (χ3v) is 5.85. The maximum Gasteiger partial charge on any atom is 0.271 e. The van der Waals surface area contributed by atoms with E-state index in [4.69, 9.17) is 0 Å². The average molecular weight is 441 g/mol. The summed E-state index contributed by atoms with van der Waals surface area (Å²) in [6, 6.07) is 14.6. The van der Waals surface area contributed by atoms with Crippen LogP contribution in [-0.4, -0.2) is 14.9 Å². The molecular formula is C19H13BrN4O2S. The molecule has 2 aromatic heterocycles. The van der Waals surface area contributed by atoms with Crippen LogP contribution in [0.2, 0.25) is 0 Å². The standard InChI is InChI=1S/C19H13BrN4O2S/c1-11-16(12-5-3-2-4-6-12)17-18(21-10-22-19(17)27-11)23-15-9-13(24(25)26)7-8-14(15)20/h2-10H,1H3,(H,21,22,23). The monoisotopic (exact) mass is 440 g/mol. The second-order valence-corrected chi connectivity index (χ2v) is 7.91. The molecule has 0 spiro atoms. The molecule has 134 valence electrons. The zero-order valence-corrected chi connectivity index (χ0v) is 16.5. The molecule has 4 aromatic rings. The molecule has 0 amide bonds. The number of nitrogens with one attached hydrogen (secondary N) is 1. The van der Waals surface area contributed by atoms with Gasteiger partial charge >= 0.3 is 0 Å². The van der Waals surface area contributed by atoms with E-state index < -0.39 is 4.92 Å². The molecule has 0 aliphatic rings. The number of nitro benzene ring substituents is 1. The molecule has 0 radical (unpaired) electrons. The van der Waals surface area contributed by atoms with E-state index in [-0.39, 0.29) is 5.69 Å². The van der Waals surface area contributed by atoms with E-state index in [1.807, 2.05) is 18.2 Å². The number of hydrogen-bond donors (Lipinski definition) is 1. The fourth-order valence-electron chi connectivity index (χ4n) is 2.94. The molecule has 27 heavy (non-hydrogen) atoms. The number of nitrogens with zero attached hydrogens (tertiary/aromatic N) is 3. The summed E-state index contributed by atoms with van der Waals surface area (Å²) in [7, 11) is 0. The van der Waals surface area contributed by atoms with Crippen molar-refractivity contribution in [1.82, 2.24) is 9.97 Å². The Morgan fingerprint density at radius 1 is 1.15 bits per heavy atom. The third kappa shape index (κ3) is 3.29. The number of thiophene rings is 1. The highest BCUT2D eigenvalue weighted by Gasteiger charge is 2.18. The van der Waals surface area contributed by atoms with Crippen LogP contribution in [0.1, 0.15) is 4.88 Å². The van der Waals surface area contributed by atoms with Gasteiger partial charge in [-0.25, -0.2) is 9.97 Å². The number of rotatable bonds is 4. The maximum atomic E-state index is 11.1. The zero-order valence-electron chi connectivity index (χ0n) is 14.1. The second-order valence-electron chi connectivity index (χ2n) is 5.85. The summed E-state index contributed by atoms with van der Waals surface area (Å²) in [5, 5.41) is 15.3. The SMILES string of the molecule is Cc1sc2ncnc(Nc3cc([N+](=O)[O-])ccc3Br)c2c1-c1ccccc1. The van der Waals surface area contributed by atoms with Gasteiger partial charge in [-0.15, -0.1) is 11.3 Å². The molecule has 0 aliphatic carbocycles. The Bertz CT molecular complexity index is 1160. The first kappa shape index (κ1) is 17.6. The fraction of sp³-hybridized carbons (Fsp3) is 0.0526. The van der Waals surface area contributed by atoms with E-state index in [9.17, 15) is 10.1 Å². The number of aryl methyl sites for hydroxylation is 1. The third-order valence-electron chi connectivity index (χ3n) is 4.14. The molecular weight excluding hydrogens is 428 g/mol. The minimum atomic E-state index is -0.419. The minimum absolute atomic E-state index is 0.00998. The molecule has 0 fully saturated rings. The zero-order chi connectivity index (χ0) is 19.0. The number of anilines is 2. The van der Waals surface area contributed by atoms with Crippen LogP contribution in [0.3, 0.4) is 0 Å². The van der Waals surface area contributed by atoms with E-state index in [2.05, 4.69) is 50.3 Å². The Morgan fingerprint density at radius 3 is 2.67 bits per heavy atom. The van der Waals surface area contributed by atoms with Crippen molar-refractivity contribution < 1.29 is 4.92 Å². The van der Waals surface area contributed by atoms with Gasteiger partial charge in [0, 0.05) is 27.0 Å². The quantitative estimate of drug-likeness (QED) is 0.307. The molecule has 0 aliphatic heterocycles. The lowest BCUT2D eigenvalue weighted by Gasteiger charge is -2.10. The van der Waals surface area contributed by atoms with Crippen molar-refractivity contribution in [3.8, 4) is 11.1 Å². The van der Waals surface area contributed by atoms with Crippen LogP contribution in [-0.2, 0) is 0 Å². The van der Waals surface area contributed by atoms with E-state index >= 15 is 0 Å². The second kappa shape index (κ2) is 7.05.